The van der Waals surface area contributed by atoms with Gasteiger partial charge in [-0.15, -0.1) is 0 Å². The molecule has 0 aliphatic rings. The normalized spacial score (nSPS) is 11.1. The third-order valence-corrected chi connectivity index (χ3v) is 8.33. The summed E-state index contributed by atoms with van der Waals surface area (Å²) in [5.41, 5.74) is 0.614. The minimum atomic E-state index is -0.430. The largest absolute Gasteiger partial charge is 0.462 e. The molecule has 0 aromatic heterocycles. The number of carbonyl (C=O) groups excluding carboxylic acids is 2. The molecule has 0 radical (unpaired) electrons. The van der Waals surface area contributed by atoms with E-state index in [1.165, 1.54) is 141 Å². The van der Waals surface area contributed by atoms with E-state index in [-0.39, 0.29) is 0 Å². The summed E-state index contributed by atoms with van der Waals surface area (Å²) in [4.78, 5) is 25.3. The van der Waals surface area contributed by atoms with Crippen LogP contribution in [0.3, 0.4) is 0 Å². The third kappa shape index (κ3) is 21.8. The van der Waals surface area contributed by atoms with Crippen LogP contribution in [0.4, 0.5) is 0 Å². The molecule has 1 aromatic rings. The highest BCUT2D eigenvalue weighted by Crippen LogP contribution is 2.16. The van der Waals surface area contributed by atoms with Gasteiger partial charge in [0.05, 0.1) is 24.3 Å². The number of carbonyl (C=O) groups is 2. The lowest BCUT2D eigenvalue weighted by Gasteiger charge is -2.10. The van der Waals surface area contributed by atoms with Gasteiger partial charge in [-0.05, 0) is 25.0 Å². The second-order valence-corrected chi connectivity index (χ2v) is 12.3. The second kappa shape index (κ2) is 29.2. The highest BCUT2D eigenvalue weighted by Gasteiger charge is 2.18. The van der Waals surface area contributed by atoms with Crippen molar-refractivity contribution in [3.63, 3.8) is 0 Å². The molecule has 0 aliphatic heterocycles. The molecule has 1 aromatic carbocycles. The van der Waals surface area contributed by atoms with Crippen LogP contribution in [0.25, 0.3) is 0 Å². The summed E-state index contributed by atoms with van der Waals surface area (Å²) in [6, 6.07) is 6.85. The zero-order valence-corrected chi connectivity index (χ0v) is 27.7. The molecule has 1 rings (SSSR count). The number of rotatable bonds is 30. The fraction of sp³-hybridized carbons (Fsp3) is 0.789. The molecule has 0 saturated heterocycles. The van der Waals surface area contributed by atoms with Gasteiger partial charge < -0.3 is 9.47 Å². The number of esters is 2. The van der Waals surface area contributed by atoms with Gasteiger partial charge in [0.15, 0.2) is 0 Å². The lowest BCUT2D eigenvalue weighted by molar-refractivity contribution is 0.0450. The molecule has 0 atom stereocenters. The standard InChI is InChI=1S/C38H66O4/c1-3-5-7-9-11-13-15-16-17-18-19-20-22-24-26-30-34-42-38(40)36-32-28-27-31-35(36)37(39)41-33-29-25-23-21-14-12-10-8-6-4-2/h27-28,31-32H,3-26,29-30,33-34H2,1-2H3. The minimum absolute atomic E-state index is 0.307. The molecule has 242 valence electrons. The van der Waals surface area contributed by atoms with Crippen molar-refractivity contribution in [1.82, 2.24) is 0 Å². The molecule has 0 unspecified atom stereocenters. The Morgan fingerprint density at radius 2 is 0.643 bits per heavy atom. The molecule has 0 fully saturated rings. The van der Waals surface area contributed by atoms with Crippen LogP contribution < -0.4 is 0 Å². The maximum atomic E-state index is 12.7. The first-order valence-electron chi connectivity index (χ1n) is 18.1. The van der Waals surface area contributed by atoms with Crippen LogP contribution in [0, 0.1) is 0 Å². The predicted molar refractivity (Wildman–Crippen MR) is 178 cm³/mol. The Hall–Kier alpha value is -1.84. The van der Waals surface area contributed by atoms with Crippen LogP contribution >= 0.6 is 0 Å². The summed E-state index contributed by atoms with van der Waals surface area (Å²) in [6.45, 7) is 5.33. The average molecular weight is 587 g/mol. The van der Waals surface area contributed by atoms with Gasteiger partial charge in [-0.1, -0.05) is 180 Å². The first kappa shape index (κ1) is 38.2. The highest BCUT2D eigenvalue weighted by molar-refractivity contribution is 6.03. The summed E-state index contributed by atoms with van der Waals surface area (Å²) >= 11 is 0. The summed E-state index contributed by atoms with van der Waals surface area (Å²) in [5.74, 6) is -0.858. The molecular formula is C38H66O4. The Kier molecular flexibility index (Phi) is 26.6. The maximum Gasteiger partial charge on any atom is 0.339 e. The molecule has 4 nitrogen and oxygen atoms in total. The first-order chi connectivity index (χ1) is 20.7. The number of unbranched alkanes of at least 4 members (excludes halogenated alkanes) is 24. The number of hydrogen-bond donors (Lipinski definition) is 0. The second-order valence-electron chi connectivity index (χ2n) is 12.3. The molecule has 0 bridgehead atoms. The van der Waals surface area contributed by atoms with Crippen LogP contribution in [-0.4, -0.2) is 25.2 Å². The molecule has 4 heteroatoms. The summed E-state index contributed by atoms with van der Waals surface area (Å²) in [5, 5.41) is 0. The van der Waals surface area contributed by atoms with Crippen molar-refractivity contribution in [2.75, 3.05) is 13.2 Å². The zero-order valence-electron chi connectivity index (χ0n) is 27.7. The molecular weight excluding hydrogens is 520 g/mol. The van der Waals surface area contributed by atoms with E-state index in [4.69, 9.17) is 9.47 Å². The lowest BCUT2D eigenvalue weighted by Crippen LogP contribution is -2.15. The van der Waals surface area contributed by atoms with E-state index in [0.717, 1.165) is 25.7 Å². The summed E-state index contributed by atoms with van der Waals surface area (Å²) in [7, 11) is 0. The molecule has 0 N–H and O–H groups in total. The predicted octanol–water partition coefficient (Wildman–Crippen LogP) is 12.2. The Bertz CT molecular complexity index is 759. The van der Waals surface area contributed by atoms with Gasteiger partial charge in [0, 0.05) is 0 Å². The van der Waals surface area contributed by atoms with E-state index in [2.05, 4.69) is 13.8 Å². The Labute approximate surface area is 260 Å². The van der Waals surface area contributed by atoms with Gasteiger partial charge >= 0.3 is 11.9 Å². The van der Waals surface area contributed by atoms with Gasteiger partial charge in [0.2, 0.25) is 0 Å². The quantitative estimate of drug-likeness (QED) is 0.0664. The van der Waals surface area contributed by atoms with E-state index in [0.29, 0.717) is 24.3 Å². The summed E-state index contributed by atoms with van der Waals surface area (Å²) in [6.07, 6.45) is 33.4. The van der Waals surface area contributed by atoms with Crippen LogP contribution in [0.15, 0.2) is 24.3 Å². The Balaban J connectivity index is 2.04. The van der Waals surface area contributed by atoms with Gasteiger partial charge in [-0.3, -0.25) is 0 Å². The van der Waals surface area contributed by atoms with Crippen LogP contribution in [0.2, 0.25) is 0 Å². The van der Waals surface area contributed by atoms with Gasteiger partial charge in [0.25, 0.3) is 0 Å². The smallest absolute Gasteiger partial charge is 0.339 e. The van der Waals surface area contributed by atoms with Crippen molar-refractivity contribution in [2.24, 2.45) is 0 Å². The number of benzene rings is 1. The third-order valence-electron chi connectivity index (χ3n) is 8.33. The molecule has 0 amide bonds. The van der Waals surface area contributed by atoms with Gasteiger partial charge in [0.1, 0.15) is 0 Å². The number of hydrogen-bond acceptors (Lipinski definition) is 4. The van der Waals surface area contributed by atoms with E-state index < -0.39 is 11.9 Å². The average Bonchev–Trinajstić information content (AvgIpc) is 3.01. The van der Waals surface area contributed by atoms with Crippen LogP contribution in [0.5, 0.6) is 0 Å². The molecule has 0 saturated carbocycles. The Morgan fingerprint density at radius 1 is 0.405 bits per heavy atom. The number of ether oxygens (including phenoxy) is 2. The van der Waals surface area contributed by atoms with E-state index >= 15 is 0 Å². The maximum absolute atomic E-state index is 12.7. The van der Waals surface area contributed by atoms with Gasteiger partial charge in [-0.25, -0.2) is 9.59 Å². The van der Waals surface area contributed by atoms with Crippen molar-refractivity contribution in [2.45, 2.75) is 181 Å². The fourth-order valence-corrected chi connectivity index (χ4v) is 5.56. The van der Waals surface area contributed by atoms with Crippen molar-refractivity contribution >= 4 is 11.9 Å². The fourth-order valence-electron chi connectivity index (χ4n) is 5.56. The van der Waals surface area contributed by atoms with Gasteiger partial charge in [-0.2, -0.15) is 0 Å². The van der Waals surface area contributed by atoms with E-state index in [1.807, 2.05) is 0 Å². The highest BCUT2D eigenvalue weighted by atomic mass is 16.5. The lowest BCUT2D eigenvalue weighted by atomic mass is 10.0. The monoisotopic (exact) mass is 586 g/mol. The van der Waals surface area contributed by atoms with Crippen molar-refractivity contribution in [3.05, 3.63) is 35.4 Å². The van der Waals surface area contributed by atoms with Crippen LogP contribution in [-0.2, 0) is 9.47 Å². The molecule has 0 aliphatic carbocycles. The topological polar surface area (TPSA) is 52.6 Å². The molecule has 0 heterocycles. The van der Waals surface area contributed by atoms with Crippen molar-refractivity contribution in [3.8, 4) is 0 Å². The minimum Gasteiger partial charge on any atom is -0.462 e. The SMILES string of the molecule is CCCCCCCCCCCCCCCCCCOC(=O)c1ccccc1C(=O)OCCCCCCCCCCCC. The zero-order chi connectivity index (χ0) is 30.4. The van der Waals surface area contributed by atoms with E-state index in [9.17, 15) is 9.59 Å². The summed E-state index contributed by atoms with van der Waals surface area (Å²) < 4.78 is 11.0. The molecule has 42 heavy (non-hydrogen) atoms. The van der Waals surface area contributed by atoms with Crippen molar-refractivity contribution < 1.29 is 19.1 Å². The Morgan fingerprint density at radius 3 is 0.905 bits per heavy atom. The molecule has 0 spiro atoms. The van der Waals surface area contributed by atoms with E-state index in [1.54, 1.807) is 24.3 Å². The van der Waals surface area contributed by atoms with Crippen LogP contribution in [0.1, 0.15) is 202 Å². The first-order valence-corrected chi connectivity index (χ1v) is 18.1. The van der Waals surface area contributed by atoms with Crippen molar-refractivity contribution in [1.29, 1.82) is 0 Å².